The Balaban J connectivity index is 1.77. The summed E-state index contributed by atoms with van der Waals surface area (Å²) in [7, 11) is 0. The summed E-state index contributed by atoms with van der Waals surface area (Å²) in [6.45, 7) is 2.38. The largest absolute Gasteiger partial charge is 0.451 e. The van der Waals surface area contributed by atoms with Crippen LogP contribution in [-0.4, -0.2) is 10.9 Å². The highest BCUT2D eigenvalue weighted by molar-refractivity contribution is 7.09. The summed E-state index contributed by atoms with van der Waals surface area (Å²) in [6.07, 6.45) is 1.69. The summed E-state index contributed by atoms with van der Waals surface area (Å²) in [5.41, 5.74) is 1.58. The van der Waals surface area contributed by atoms with Gasteiger partial charge in [-0.05, 0) is 36.6 Å². The van der Waals surface area contributed by atoms with Crippen molar-refractivity contribution in [2.75, 3.05) is 4.90 Å². The van der Waals surface area contributed by atoms with Crippen LogP contribution in [0.2, 0.25) is 0 Å². The molecule has 1 amide bonds. The molecule has 0 saturated carbocycles. The molecule has 0 radical (unpaired) electrons. The summed E-state index contributed by atoms with van der Waals surface area (Å²) >= 11 is 1.62. The van der Waals surface area contributed by atoms with Gasteiger partial charge in [-0.2, -0.15) is 0 Å². The maximum atomic E-state index is 13.3. The van der Waals surface area contributed by atoms with E-state index in [0.717, 1.165) is 21.4 Å². The number of aryl methyl sites for hydroxylation is 1. The van der Waals surface area contributed by atoms with Crippen LogP contribution in [0, 0.1) is 6.92 Å². The Morgan fingerprint density at radius 2 is 1.96 bits per heavy atom. The predicted octanol–water partition coefficient (Wildman–Crippen LogP) is 5.04. The number of pyridine rings is 1. The number of nitrogens with zero attached hydrogens (tertiary/aromatic N) is 2. The van der Waals surface area contributed by atoms with Gasteiger partial charge in [-0.15, -0.1) is 11.3 Å². The Morgan fingerprint density at radius 3 is 2.68 bits per heavy atom. The molecule has 3 aromatic heterocycles. The van der Waals surface area contributed by atoms with Crippen molar-refractivity contribution in [3.8, 4) is 0 Å². The zero-order valence-electron chi connectivity index (χ0n) is 13.7. The number of anilines is 1. The van der Waals surface area contributed by atoms with Gasteiger partial charge in [0.05, 0.1) is 6.54 Å². The zero-order valence-corrected chi connectivity index (χ0v) is 14.5. The van der Waals surface area contributed by atoms with Gasteiger partial charge in [-0.3, -0.25) is 9.69 Å². The van der Waals surface area contributed by atoms with Crippen molar-refractivity contribution in [3.05, 3.63) is 82.4 Å². The molecule has 0 aliphatic heterocycles. The maximum absolute atomic E-state index is 13.3. The number of benzene rings is 1. The number of amides is 1. The summed E-state index contributed by atoms with van der Waals surface area (Å²) in [5.74, 6) is 0.796. The molecule has 0 fully saturated rings. The highest BCUT2D eigenvalue weighted by Gasteiger charge is 2.25. The molecular weight excluding hydrogens is 332 g/mol. The Morgan fingerprint density at radius 1 is 1.12 bits per heavy atom. The van der Waals surface area contributed by atoms with E-state index in [2.05, 4.69) is 4.98 Å². The molecule has 0 spiro atoms. The Bertz CT molecular complexity index is 1010. The molecule has 0 N–H and O–H groups in total. The highest BCUT2D eigenvalue weighted by Crippen LogP contribution is 2.28. The minimum absolute atomic E-state index is 0.180. The molecule has 0 aliphatic rings. The third-order valence-corrected chi connectivity index (χ3v) is 4.96. The third kappa shape index (κ3) is 2.94. The minimum atomic E-state index is -0.180. The smallest absolute Gasteiger partial charge is 0.295 e. The molecule has 3 heterocycles. The van der Waals surface area contributed by atoms with Crippen LogP contribution in [0.15, 0.2) is 70.6 Å². The highest BCUT2D eigenvalue weighted by atomic mass is 32.1. The number of carbonyl (C=O) groups excluding carboxylic acids is 1. The van der Waals surface area contributed by atoms with Crippen LogP contribution in [0.3, 0.4) is 0 Å². The second-order valence-electron chi connectivity index (χ2n) is 5.71. The van der Waals surface area contributed by atoms with E-state index in [4.69, 9.17) is 4.42 Å². The van der Waals surface area contributed by atoms with E-state index < -0.39 is 0 Å². The molecule has 1 aromatic carbocycles. The predicted molar refractivity (Wildman–Crippen MR) is 100 cm³/mol. The third-order valence-electron chi connectivity index (χ3n) is 4.10. The van der Waals surface area contributed by atoms with Crippen LogP contribution < -0.4 is 4.90 Å². The molecule has 4 nitrogen and oxygen atoms in total. The average molecular weight is 348 g/mol. The molecule has 0 atom stereocenters. The normalized spacial score (nSPS) is 10.9. The fourth-order valence-electron chi connectivity index (χ4n) is 2.83. The van der Waals surface area contributed by atoms with Gasteiger partial charge in [0.2, 0.25) is 0 Å². The number of thiophene rings is 1. The van der Waals surface area contributed by atoms with Crippen molar-refractivity contribution in [1.29, 1.82) is 0 Å². The molecule has 5 heteroatoms. The van der Waals surface area contributed by atoms with Crippen molar-refractivity contribution < 1.29 is 9.21 Å². The van der Waals surface area contributed by atoms with Crippen LogP contribution in [0.5, 0.6) is 0 Å². The molecule has 0 saturated heterocycles. The number of carbonyl (C=O) groups is 1. The molecule has 124 valence electrons. The number of rotatable bonds is 4. The van der Waals surface area contributed by atoms with Crippen LogP contribution in [0.4, 0.5) is 5.82 Å². The average Bonchev–Trinajstić information content (AvgIpc) is 3.28. The molecule has 0 unspecified atom stereocenters. The SMILES string of the molecule is Cc1c(C(=O)N(Cc2cccs2)c2ccccn2)oc2ccccc12. The Hall–Kier alpha value is -2.92. The molecule has 4 rings (SSSR count). The second-order valence-corrected chi connectivity index (χ2v) is 6.74. The van der Waals surface area contributed by atoms with Crippen molar-refractivity contribution in [2.24, 2.45) is 0 Å². The first kappa shape index (κ1) is 15.6. The maximum Gasteiger partial charge on any atom is 0.295 e. The number of hydrogen-bond acceptors (Lipinski definition) is 4. The van der Waals surface area contributed by atoms with Crippen LogP contribution in [0.25, 0.3) is 11.0 Å². The van der Waals surface area contributed by atoms with E-state index >= 15 is 0 Å². The van der Waals surface area contributed by atoms with Gasteiger partial charge >= 0.3 is 0 Å². The summed E-state index contributed by atoms with van der Waals surface area (Å²) < 4.78 is 5.87. The fourth-order valence-corrected chi connectivity index (χ4v) is 3.52. The van der Waals surface area contributed by atoms with E-state index in [9.17, 15) is 4.79 Å². The van der Waals surface area contributed by atoms with Crippen molar-refractivity contribution in [1.82, 2.24) is 4.98 Å². The van der Waals surface area contributed by atoms with E-state index in [1.165, 1.54) is 0 Å². The van der Waals surface area contributed by atoms with Crippen molar-refractivity contribution in [3.63, 3.8) is 0 Å². The standard InChI is InChI=1S/C20H16N2O2S/c1-14-16-8-2-3-9-17(16)24-19(14)20(23)22(13-15-7-6-12-25-15)18-10-4-5-11-21-18/h2-12H,13H2,1H3. The van der Waals surface area contributed by atoms with E-state index in [-0.39, 0.29) is 5.91 Å². The van der Waals surface area contributed by atoms with Crippen molar-refractivity contribution >= 4 is 34.0 Å². The topological polar surface area (TPSA) is 46.3 Å². The van der Waals surface area contributed by atoms with Gasteiger partial charge in [0.15, 0.2) is 5.76 Å². The van der Waals surface area contributed by atoms with Gasteiger partial charge in [-0.1, -0.05) is 30.3 Å². The lowest BCUT2D eigenvalue weighted by atomic mass is 10.1. The van der Waals surface area contributed by atoms with E-state index in [0.29, 0.717) is 18.1 Å². The minimum Gasteiger partial charge on any atom is -0.451 e. The number of aromatic nitrogens is 1. The van der Waals surface area contributed by atoms with E-state index in [1.807, 2.05) is 66.9 Å². The monoisotopic (exact) mass is 348 g/mol. The van der Waals surface area contributed by atoms with Gasteiger partial charge in [-0.25, -0.2) is 4.98 Å². The van der Waals surface area contributed by atoms with Gasteiger partial charge < -0.3 is 4.42 Å². The molecule has 4 aromatic rings. The Labute approximate surface area is 149 Å². The number of fused-ring (bicyclic) bond motifs is 1. The quantitative estimate of drug-likeness (QED) is 0.519. The molecular formula is C20H16N2O2S. The number of para-hydroxylation sites is 1. The van der Waals surface area contributed by atoms with Crippen LogP contribution in [0.1, 0.15) is 21.0 Å². The first-order valence-corrected chi connectivity index (χ1v) is 8.85. The molecule has 0 aliphatic carbocycles. The zero-order chi connectivity index (χ0) is 17.2. The summed E-state index contributed by atoms with van der Waals surface area (Å²) in [4.78, 5) is 20.4. The number of furan rings is 1. The van der Waals surface area contributed by atoms with Crippen LogP contribution >= 0.6 is 11.3 Å². The molecule has 0 bridgehead atoms. The first-order chi connectivity index (χ1) is 12.2. The first-order valence-electron chi connectivity index (χ1n) is 7.97. The lowest BCUT2D eigenvalue weighted by Gasteiger charge is -2.20. The Kier molecular flexibility index (Phi) is 4.07. The summed E-state index contributed by atoms with van der Waals surface area (Å²) in [5, 5.41) is 2.96. The lowest BCUT2D eigenvalue weighted by Crippen LogP contribution is -2.31. The van der Waals surface area contributed by atoms with E-state index in [1.54, 1.807) is 22.4 Å². The van der Waals surface area contributed by atoms with Gasteiger partial charge in [0.25, 0.3) is 5.91 Å². The van der Waals surface area contributed by atoms with Gasteiger partial charge in [0.1, 0.15) is 11.4 Å². The second kappa shape index (κ2) is 6.53. The fraction of sp³-hybridized carbons (Fsp3) is 0.100. The lowest BCUT2D eigenvalue weighted by molar-refractivity contribution is 0.0959. The summed E-state index contributed by atoms with van der Waals surface area (Å²) in [6, 6.07) is 17.2. The van der Waals surface area contributed by atoms with Crippen molar-refractivity contribution in [2.45, 2.75) is 13.5 Å². The van der Waals surface area contributed by atoms with Gasteiger partial charge in [0, 0.05) is 22.0 Å². The number of hydrogen-bond donors (Lipinski definition) is 0. The van der Waals surface area contributed by atoms with Crippen LogP contribution in [-0.2, 0) is 6.54 Å². The molecule has 25 heavy (non-hydrogen) atoms.